The van der Waals surface area contributed by atoms with E-state index < -0.39 is 10.0 Å². The van der Waals surface area contributed by atoms with Gasteiger partial charge in [0.2, 0.25) is 10.0 Å². The van der Waals surface area contributed by atoms with Gasteiger partial charge in [-0.1, -0.05) is 22.0 Å². The molecule has 0 aliphatic carbocycles. The number of hydrogen-bond donors (Lipinski definition) is 1. The molecule has 19 heavy (non-hydrogen) atoms. The standard InChI is InChI=1S/C12H11Br2NO2S2/c13-9-2-1-3-11(8-9)19(16,17)15-7-6-10-4-5-12(14)18-10/h1-5,8,15H,6-7H2. The van der Waals surface area contributed by atoms with Gasteiger partial charge in [-0.05, 0) is 52.7 Å². The third-order valence-corrected chi connectivity index (χ3v) is 6.03. The molecule has 2 aromatic rings. The minimum atomic E-state index is -3.43. The Morgan fingerprint density at radius 2 is 1.95 bits per heavy atom. The van der Waals surface area contributed by atoms with Gasteiger partial charge >= 0.3 is 0 Å². The van der Waals surface area contributed by atoms with E-state index in [1.54, 1.807) is 35.6 Å². The summed E-state index contributed by atoms with van der Waals surface area (Å²) in [5, 5.41) is 0. The monoisotopic (exact) mass is 423 g/mol. The Balaban J connectivity index is 1.98. The van der Waals surface area contributed by atoms with Gasteiger partial charge in [-0.25, -0.2) is 13.1 Å². The van der Waals surface area contributed by atoms with Gasteiger partial charge in [0.25, 0.3) is 0 Å². The van der Waals surface area contributed by atoms with Crippen LogP contribution in [-0.4, -0.2) is 15.0 Å². The maximum Gasteiger partial charge on any atom is 0.240 e. The molecule has 1 aromatic heterocycles. The van der Waals surface area contributed by atoms with Gasteiger partial charge in [-0.2, -0.15) is 0 Å². The molecular formula is C12H11Br2NO2S2. The summed E-state index contributed by atoms with van der Waals surface area (Å²) in [7, 11) is -3.43. The highest BCUT2D eigenvalue weighted by Crippen LogP contribution is 2.22. The van der Waals surface area contributed by atoms with E-state index in [4.69, 9.17) is 0 Å². The molecule has 2 rings (SSSR count). The summed E-state index contributed by atoms with van der Waals surface area (Å²) >= 11 is 8.26. The van der Waals surface area contributed by atoms with E-state index in [-0.39, 0.29) is 4.90 Å². The van der Waals surface area contributed by atoms with Crippen molar-refractivity contribution in [3.05, 3.63) is 49.5 Å². The molecule has 0 atom stereocenters. The lowest BCUT2D eigenvalue weighted by atomic mass is 10.3. The molecule has 1 N–H and O–H groups in total. The van der Waals surface area contributed by atoms with Crippen molar-refractivity contribution >= 4 is 53.2 Å². The van der Waals surface area contributed by atoms with Crippen LogP contribution in [0.3, 0.4) is 0 Å². The minimum absolute atomic E-state index is 0.272. The van der Waals surface area contributed by atoms with Crippen LogP contribution in [0.4, 0.5) is 0 Å². The van der Waals surface area contributed by atoms with Crippen molar-refractivity contribution < 1.29 is 8.42 Å². The van der Waals surface area contributed by atoms with Gasteiger partial charge in [0, 0.05) is 15.9 Å². The molecular weight excluding hydrogens is 414 g/mol. The zero-order valence-electron chi connectivity index (χ0n) is 9.77. The van der Waals surface area contributed by atoms with E-state index >= 15 is 0 Å². The van der Waals surface area contributed by atoms with Crippen molar-refractivity contribution in [3.63, 3.8) is 0 Å². The number of halogens is 2. The average molecular weight is 425 g/mol. The van der Waals surface area contributed by atoms with Gasteiger partial charge < -0.3 is 0 Å². The molecule has 0 unspecified atom stereocenters. The first kappa shape index (κ1) is 15.2. The molecule has 0 saturated heterocycles. The number of hydrogen-bond acceptors (Lipinski definition) is 3. The first-order valence-electron chi connectivity index (χ1n) is 5.47. The van der Waals surface area contributed by atoms with E-state index in [1.807, 2.05) is 12.1 Å². The smallest absolute Gasteiger partial charge is 0.211 e. The molecule has 102 valence electrons. The van der Waals surface area contributed by atoms with E-state index in [2.05, 4.69) is 36.6 Å². The first-order valence-corrected chi connectivity index (χ1v) is 9.35. The molecule has 0 bridgehead atoms. The van der Waals surface area contributed by atoms with Crippen molar-refractivity contribution in [1.82, 2.24) is 4.72 Å². The second-order valence-corrected chi connectivity index (χ2v) is 9.04. The van der Waals surface area contributed by atoms with Crippen molar-refractivity contribution in [2.24, 2.45) is 0 Å². The quantitative estimate of drug-likeness (QED) is 0.793. The molecule has 0 aliphatic heterocycles. The van der Waals surface area contributed by atoms with E-state index in [0.29, 0.717) is 13.0 Å². The molecule has 3 nitrogen and oxygen atoms in total. The highest BCUT2D eigenvalue weighted by Gasteiger charge is 2.13. The molecule has 0 radical (unpaired) electrons. The topological polar surface area (TPSA) is 46.2 Å². The average Bonchev–Trinajstić information content (AvgIpc) is 2.75. The summed E-state index contributed by atoms with van der Waals surface area (Å²) in [5.41, 5.74) is 0. The third-order valence-electron chi connectivity index (χ3n) is 2.40. The first-order chi connectivity index (χ1) is 8.97. The Kier molecular flexibility index (Phi) is 5.19. The van der Waals surface area contributed by atoms with Crippen LogP contribution < -0.4 is 4.72 Å². The Morgan fingerprint density at radius 3 is 2.58 bits per heavy atom. The van der Waals surface area contributed by atoms with Crippen LogP contribution in [-0.2, 0) is 16.4 Å². The van der Waals surface area contributed by atoms with E-state index in [0.717, 1.165) is 13.1 Å². The Labute approximate surface area is 133 Å². The van der Waals surface area contributed by atoms with Crippen molar-refractivity contribution in [3.8, 4) is 0 Å². The third kappa shape index (κ3) is 4.39. The number of sulfonamides is 1. The Hall–Kier alpha value is -0.210. The Morgan fingerprint density at radius 1 is 1.16 bits per heavy atom. The fourth-order valence-electron chi connectivity index (χ4n) is 1.51. The summed E-state index contributed by atoms with van der Waals surface area (Å²) in [6.45, 7) is 0.391. The van der Waals surface area contributed by atoms with Gasteiger partial charge in [-0.3, -0.25) is 0 Å². The minimum Gasteiger partial charge on any atom is -0.211 e. The van der Waals surface area contributed by atoms with Gasteiger partial charge in [0.15, 0.2) is 0 Å². The van der Waals surface area contributed by atoms with Gasteiger partial charge in [0.1, 0.15) is 0 Å². The predicted molar refractivity (Wildman–Crippen MR) is 85.1 cm³/mol. The molecule has 0 spiro atoms. The Bertz CT molecular complexity index is 668. The lowest BCUT2D eigenvalue weighted by molar-refractivity contribution is 0.582. The van der Waals surface area contributed by atoms with Crippen molar-refractivity contribution in [1.29, 1.82) is 0 Å². The maximum atomic E-state index is 12.0. The van der Waals surface area contributed by atoms with Crippen LogP contribution in [0.2, 0.25) is 0 Å². The van der Waals surface area contributed by atoms with Crippen LogP contribution in [0, 0.1) is 0 Å². The van der Waals surface area contributed by atoms with Crippen LogP contribution in [0.1, 0.15) is 4.88 Å². The van der Waals surface area contributed by atoms with Crippen molar-refractivity contribution in [2.45, 2.75) is 11.3 Å². The normalized spacial score (nSPS) is 11.7. The molecule has 0 saturated carbocycles. The summed E-state index contributed by atoms with van der Waals surface area (Å²) in [6, 6.07) is 10.6. The van der Waals surface area contributed by atoms with Crippen LogP contribution in [0.15, 0.2) is 49.6 Å². The number of rotatable bonds is 5. The molecule has 0 fully saturated rings. The summed E-state index contributed by atoms with van der Waals surface area (Å²) in [4.78, 5) is 1.41. The molecule has 0 aliphatic rings. The van der Waals surface area contributed by atoms with Gasteiger partial charge in [0.05, 0.1) is 8.68 Å². The maximum absolute atomic E-state index is 12.0. The lowest BCUT2D eigenvalue weighted by Gasteiger charge is -2.06. The number of benzene rings is 1. The van der Waals surface area contributed by atoms with Gasteiger partial charge in [-0.15, -0.1) is 11.3 Å². The zero-order chi connectivity index (χ0) is 13.9. The highest BCUT2D eigenvalue weighted by atomic mass is 79.9. The predicted octanol–water partition coefficient (Wildman–Crippen LogP) is 3.79. The largest absolute Gasteiger partial charge is 0.240 e. The van der Waals surface area contributed by atoms with E-state index in [1.165, 1.54) is 0 Å². The molecule has 0 amide bonds. The summed E-state index contributed by atoms with van der Waals surface area (Å²) in [5.74, 6) is 0. The van der Waals surface area contributed by atoms with Crippen LogP contribution in [0.25, 0.3) is 0 Å². The highest BCUT2D eigenvalue weighted by molar-refractivity contribution is 9.11. The SMILES string of the molecule is O=S(=O)(NCCc1ccc(Br)s1)c1cccc(Br)c1. The zero-order valence-corrected chi connectivity index (χ0v) is 14.6. The fourth-order valence-corrected chi connectivity index (χ4v) is 4.62. The second kappa shape index (κ2) is 6.49. The summed E-state index contributed by atoms with van der Waals surface area (Å²) < 4.78 is 28.5. The summed E-state index contributed by atoms with van der Waals surface area (Å²) in [6.07, 6.45) is 0.684. The molecule has 1 heterocycles. The molecule has 7 heteroatoms. The van der Waals surface area contributed by atoms with Crippen LogP contribution >= 0.6 is 43.2 Å². The fraction of sp³-hybridized carbons (Fsp3) is 0.167. The van der Waals surface area contributed by atoms with E-state index in [9.17, 15) is 8.42 Å². The number of thiophene rings is 1. The van der Waals surface area contributed by atoms with Crippen molar-refractivity contribution in [2.75, 3.05) is 6.54 Å². The van der Waals surface area contributed by atoms with Crippen LogP contribution in [0.5, 0.6) is 0 Å². The second-order valence-electron chi connectivity index (χ2n) is 3.81. The number of nitrogens with one attached hydrogen (secondary N) is 1. The molecule has 1 aromatic carbocycles. The lowest BCUT2D eigenvalue weighted by Crippen LogP contribution is -2.25.